The third-order valence-corrected chi connectivity index (χ3v) is 3.64. The lowest BCUT2D eigenvalue weighted by atomic mass is 9.86. The van der Waals surface area contributed by atoms with Gasteiger partial charge in [-0.3, -0.25) is 0 Å². The molecule has 2 N–H and O–H groups in total. The first kappa shape index (κ1) is 13.6. The van der Waals surface area contributed by atoms with Gasteiger partial charge in [-0.25, -0.2) is 8.78 Å². The van der Waals surface area contributed by atoms with E-state index >= 15 is 0 Å². The fourth-order valence-corrected chi connectivity index (χ4v) is 1.87. The number of rotatable bonds is 3. The predicted molar refractivity (Wildman–Crippen MR) is 65.0 cm³/mol. The van der Waals surface area contributed by atoms with Crippen LogP contribution < -0.4 is 5.73 Å². The van der Waals surface area contributed by atoms with E-state index in [1.54, 1.807) is 0 Å². The van der Waals surface area contributed by atoms with E-state index in [1.807, 2.05) is 20.8 Å². The van der Waals surface area contributed by atoms with Gasteiger partial charge in [-0.1, -0.05) is 20.8 Å². The first-order chi connectivity index (χ1) is 7.36. The van der Waals surface area contributed by atoms with Crippen molar-refractivity contribution in [1.29, 1.82) is 0 Å². The Bertz CT molecular complexity index is 380. The van der Waals surface area contributed by atoms with Gasteiger partial charge in [0, 0.05) is 11.6 Å². The standard InChI is InChI=1S/C12H16BrF2N/c1-6(2)7(3)12(16)10-9(14)5-4-8(13)11(10)15/h4-7,12H,16H2,1-3H3. The van der Waals surface area contributed by atoms with E-state index in [-0.39, 0.29) is 21.9 Å². The van der Waals surface area contributed by atoms with Crippen molar-refractivity contribution in [1.82, 2.24) is 0 Å². The molecule has 0 saturated heterocycles. The third kappa shape index (κ3) is 2.61. The van der Waals surface area contributed by atoms with E-state index in [2.05, 4.69) is 15.9 Å². The summed E-state index contributed by atoms with van der Waals surface area (Å²) >= 11 is 3.04. The van der Waals surface area contributed by atoms with Crippen LogP contribution in [0.1, 0.15) is 32.4 Å². The van der Waals surface area contributed by atoms with Crippen LogP contribution in [0.5, 0.6) is 0 Å². The Morgan fingerprint density at radius 2 is 1.75 bits per heavy atom. The third-order valence-electron chi connectivity index (χ3n) is 3.03. The Hall–Kier alpha value is -0.480. The van der Waals surface area contributed by atoms with Crippen molar-refractivity contribution in [2.24, 2.45) is 17.6 Å². The summed E-state index contributed by atoms with van der Waals surface area (Å²) in [6, 6.07) is 1.95. The number of nitrogens with two attached hydrogens (primary N) is 1. The van der Waals surface area contributed by atoms with Crippen molar-refractivity contribution in [2.45, 2.75) is 26.8 Å². The molecule has 2 atom stereocenters. The maximum absolute atomic E-state index is 13.8. The maximum Gasteiger partial charge on any atom is 0.145 e. The van der Waals surface area contributed by atoms with Gasteiger partial charge in [-0.2, -0.15) is 0 Å². The molecule has 0 aliphatic heterocycles. The molecule has 0 heterocycles. The lowest BCUT2D eigenvalue weighted by molar-refractivity contribution is 0.336. The molecule has 0 aliphatic rings. The van der Waals surface area contributed by atoms with E-state index in [4.69, 9.17) is 5.73 Å². The highest BCUT2D eigenvalue weighted by Gasteiger charge is 2.25. The molecule has 16 heavy (non-hydrogen) atoms. The number of benzene rings is 1. The highest BCUT2D eigenvalue weighted by atomic mass is 79.9. The second-order valence-corrected chi connectivity index (χ2v) is 5.24. The Morgan fingerprint density at radius 1 is 1.19 bits per heavy atom. The first-order valence-electron chi connectivity index (χ1n) is 5.25. The Morgan fingerprint density at radius 3 is 2.25 bits per heavy atom. The highest BCUT2D eigenvalue weighted by molar-refractivity contribution is 9.10. The highest BCUT2D eigenvalue weighted by Crippen LogP contribution is 2.32. The Balaban J connectivity index is 3.17. The lowest BCUT2D eigenvalue weighted by Gasteiger charge is -2.24. The normalized spacial score (nSPS) is 15.2. The van der Waals surface area contributed by atoms with Crippen molar-refractivity contribution in [2.75, 3.05) is 0 Å². The van der Waals surface area contributed by atoms with Gasteiger partial charge in [0.15, 0.2) is 0 Å². The lowest BCUT2D eigenvalue weighted by Crippen LogP contribution is -2.25. The van der Waals surface area contributed by atoms with Crippen molar-refractivity contribution < 1.29 is 8.78 Å². The topological polar surface area (TPSA) is 26.0 Å². The summed E-state index contributed by atoms with van der Waals surface area (Å²) in [6.45, 7) is 5.87. The van der Waals surface area contributed by atoms with Crippen LogP contribution >= 0.6 is 15.9 Å². The summed E-state index contributed by atoms with van der Waals surface area (Å²) in [5.74, 6) is -0.896. The molecule has 0 aromatic heterocycles. The fourth-order valence-electron chi connectivity index (χ4n) is 1.53. The summed E-state index contributed by atoms with van der Waals surface area (Å²) in [6.07, 6.45) is 0. The van der Waals surface area contributed by atoms with Crippen LogP contribution in [0.15, 0.2) is 16.6 Å². The van der Waals surface area contributed by atoms with Crippen LogP contribution in [0.2, 0.25) is 0 Å². The molecule has 1 aromatic rings. The van der Waals surface area contributed by atoms with Crippen molar-refractivity contribution >= 4 is 15.9 Å². The largest absolute Gasteiger partial charge is 0.324 e. The molecule has 0 amide bonds. The molecule has 0 fully saturated rings. The molecule has 1 rings (SSSR count). The zero-order chi connectivity index (χ0) is 12.5. The molecule has 1 nitrogen and oxygen atoms in total. The van der Waals surface area contributed by atoms with Crippen LogP contribution in [0.3, 0.4) is 0 Å². The molecular weight excluding hydrogens is 276 g/mol. The van der Waals surface area contributed by atoms with Gasteiger partial charge < -0.3 is 5.73 Å². The summed E-state index contributed by atoms with van der Waals surface area (Å²) in [5, 5.41) is 0. The zero-order valence-corrected chi connectivity index (χ0v) is 11.2. The average Bonchev–Trinajstić information content (AvgIpc) is 2.22. The summed E-state index contributed by atoms with van der Waals surface area (Å²) < 4.78 is 27.6. The second-order valence-electron chi connectivity index (χ2n) is 4.39. The van der Waals surface area contributed by atoms with Crippen LogP contribution in [0, 0.1) is 23.5 Å². The zero-order valence-electron chi connectivity index (χ0n) is 9.60. The minimum absolute atomic E-state index is 0.0123. The molecule has 90 valence electrons. The number of hydrogen-bond donors (Lipinski definition) is 1. The number of hydrogen-bond acceptors (Lipinski definition) is 1. The van der Waals surface area contributed by atoms with Gasteiger partial charge in [0.05, 0.1) is 4.47 Å². The summed E-state index contributed by atoms with van der Waals surface area (Å²) in [5.41, 5.74) is 5.88. The Kier molecular flexibility index (Phi) is 4.44. The monoisotopic (exact) mass is 291 g/mol. The quantitative estimate of drug-likeness (QED) is 0.837. The van der Waals surface area contributed by atoms with E-state index in [1.165, 1.54) is 12.1 Å². The number of halogens is 3. The molecule has 2 unspecified atom stereocenters. The van der Waals surface area contributed by atoms with Crippen LogP contribution in [0.4, 0.5) is 8.78 Å². The summed E-state index contributed by atoms with van der Waals surface area (Å²) in [4.78, 5) is 0. The molecule has 0 spiro atoms. The minimum atomic E-state index is -0.627. The van der Waals surface area contributed by atoms with E-state index < -0.39 is 17.7 Å². The molecule has 0 saturated carbocycles. The van der Waals surface area contributed by atoms with Gasteiger partial charge in [0.1, 0.15) is 11.6 Å². The van der Waals surface area contributed by atoms with Gasteiger partial charge in [-0.15, -0.1) is 0 Å². The molecule has 0 aliphatic carbocycles. The summed E-state index contributed by atoms with van der Waals surface area (Å²) in [7, 11) is 0. The van der Waals surface area contributed by atoms with Crippen molar-refractivity contribution in [3.8, 4) is 0 Å². The second kappa shape index (κ2) is 5.23. The SMILES string of the molecule is CC(C)C(C)C(N)c1c(F)ccc(Br)c1F. The fraction of sp³-hybridized carbons (Fsp3) is 0.500. The van der Waals surface area contributed by atoms with Crippen LogP contribution in [-0.4, -0.2) is 0 Å². The molecule has 1 aromatic carbocycles. The first-order valence-corrected chi connectivity index (χ1v) is 6.04. The van der Waals surface area contributed by atoms with E-state index in [0.717, 1.165) is 0 Å². The van der Waals surface area contributed by atoms with Crippen LogP contribution in [-0.2, 0) is 0 Å². The maximum atomic E-state index is 13.8. The minimum Gasteiger partial charge on any atom is -0.324 e. The van der Waals surface area contributed by atoms with Crippen molar-refractivity contribution in [3.05, 3.63) is 33.8 Å². The molecular formula is C12H16BrF2N. The molecule has 0 radical (unpaired) electrons. The van der Waals surface area contributed by atoms with Gasteiger partial charge in [0.25, 0.3) is 0 Å². The Labute approximate surface area is 103 Å². The van der Waals surface area contributed by atoms with E-state index in [0.29, 0.717) is 0 Å². The van der Waals surface area contributed by atoms with Crippen LogP contribution in [0.25, 0.3) is 0 Å². The molecule has 0 bridgehead atoms. The van der Waals surface area contributed by atoms with Gasteiger partial charge in [-0.05, 0) is 39.9 Å². The van der Waals surface area contributed by atoms with Gasteiger partial charge >= 0.3 is 0 Å². The predicted octanol–water partition coefficient (Wildman–Crippen LogP) is 4.02. The smallest absolute Gasteiger partial charge is 0.145 e. The average molecular weight is 292 g/mol. The molecule has 4 heteroatoms. The van der Waals surface area contributed by atoms with Gasteiger partial charge in [0.2, 0.25) is 0 Å². The van der Waals surface area contributed by atoms with E-state index in [9.17, 15) is 8.78 Å². The van der Waals surface area contributed by atoms with Crippen molar-refractivity contribution in [3.63, 3.8) is 0 Å².